The molecule has 1 amide bonds. The lowest BCUT2D eigenvalue weighted by molar-refractivity contribution is -0.118. The lowest BCUT2D eigenvalue weighted by Gasteiger charge is -2.11. The van der Waals surface area contributed by atoms with Crippen molar-refractivity contribution in [2.24, 2.45) is 5.73 Å². The Labute approximate surface area is 129 Å². The van der Waals surface area contributed by atoms with E-state index in [4.69, 9.17) is 10.5 Å². The van der Waals surface area contributed by atoms with E-state index in [2.05, 4.69) is 15.4 Å². The number of hydrogen-bond donors (Lipinski definition) is 2. The number of nitrogens with one attached hydrogen (secondary N) is 1. The topological polar surface area (TPSA) is 95.1 Å². The van der Waals surface area contributed by atoms with Gasteiger partial charge < -0.3 is 15.8 Å². The largest absolute Gasteiger partial charge is 0.380 e. The number of nitrogens with zero attached hydrogens (tertiary/aromatic N) is 3. The monoisotopic (exact) mass is 303 g/mol. The molecule has 3 N–H and O–H groups in total. The number of methoxy groups -OCH3 is 1. The minimum atomic E-state index is -0.270. The van der Waals surface area contributed by atoms with E-state index in [1.165, 1.54) is 5.56 Å². The zero-order valence-corrected chi connectivity index (χ0v) is 12.6. The molecule has 0 aromatic carbocycles. The molecule has 0 saturated heterocycles. The van der Waals surface area contributed by atoms with Gasteiger partial charge >= 0.3 is 0 Å². The number of carbonyl (C=O) groups is 1. The molecule has 0 fully saturated rings. The van der Waals surface area contributed by atoms with E-state index >= 15 is 0 Å². The second-order valence-electron chi connectivity index (χ2n) is 4.92. The first kappa shape index (κ1) is 16.1. The summed E-state index contributed by atoms with van der Waals surface area (Å²) in [6, 6.07) is 5.72. The molecule has 0 saturated carbocycles. The average molecular weight is 303 g/mol. The van der Waals surface area contributed by atoms with Crippen LogP contribution in [-0.4, -0.2) is 40.4 Å². The summed E-state index contributed by atoms with van der Waals surface area (Å²) in [5, 5.41) is 7.06. The predicted molar refractivity (Wildman–Crippen MR) is 83.3 cm³/mol. The number of nitrogens with two attached hydrogens (primary N) is 1. The number of carbonyl (C=O) groups excluding carboxylic acids is 1. The Kier molecular flexibility index (Phi) is 6.05. The van der Waals surface area contributed by atoms with Crippen LogP contribution in [-0.2, 0) is 22.5 Å². The number of aryl methyl sites for hydroxylation is 2. The highest BCUT2D eigenvalue weighted by Gasteiger charge is 2.12. The first-order chi connectivity index (χ1) is 10.7. The first-order valence-corrected chi connectivity index (χ1v) is 7.16. The van der Waals surface area contributed by atoms with Crippen LogP contribution in [0.4, 0.5) is 5.82 Å². The molecule has 1 atom stereocenters. The fourth-order valence-corrected chi connectivity index (χ4v) is 2.01. The Morgan fingerprint density at radius 2 is 2.18 bits per heavy atom. The molecule has 0 bridgehead atoms. The summed E-state index contributed by atoms with van der Waals surface area (Å²) in [6.07, 6.45) is 6.19. The minimum Gasteiger partial charge on any atom is -0.380 e. The van der Waals surface area contributed by atoms with Crippen LogP contribution in [0.1, 0.15) is 12.0 Å². The van der Waals surface area contributed by atoms with E-state index in [-0.39, 0.29) is 18.4 Å². The summed E-state index contributed by atoms with van der Waals surface area (Å²) in [7, 11) is 1.54. The molecule has 0 aliphatic heterocycles. The third-order valence-corrected chi connectivity index (χ3v) is 3.30. The molecule has 22 heavy (non-hydrogen) atoms. The molecule has 0 aliphatic carbocycles. The maximum Gasteiger partial charge on any atom is 0.228 e. The summed E-state index contributed by atoms with van der Waals surface area (Å²) in [4.78, 5) is 15.8. The Morgan fingerprint density at radius 3 is 2.86 bits per heavy atom. The van der Waals surface area contributed by atoms with Gasteiger partial charge in [0.25, 0.3) is 0 Å². The van der Waals surface area contributed by atoms with Gasteiger partial charge in [0.15, 0.2) is 5.82 Å². The number of anilines is 1. The Morgan fingerprint density at radius 1 is 1.41 bits per heavy atom. The molecule has 118 valence electrons. The van der Waals surface area contributed by atoms with Crippen molar-refractivity contribution < 1.29 is 9.53 Å². The number of hydrogen-bond acceptors (Lipinski definition) is 5. The highest BCUT2D eigenvalue weighted by molar-refractivity contribution is 5.90. The molecular formula is C15H21N5O2. The van der Waals surface area contributed by atoms with Crippen molar-refractivity contribution in [1.82, 2.24) is 14.8 Å². The maximum absolute atomic E-state index is 11.8. The van der Waals surface area contributed by atoms with E-state index in [0.29, 0.717) is 12.4 Å². The first-order valence-electron chi connectivity index (χ1n) is 7.16. The van der Waals surface area contributed by atoms with Crippen molar-refractivity contribution in [1.29, 1.82) is 0 Å². The molecule has 0 radical (unpaired) electrons. The number of pyridine rings is 1. The van der Waals surface area contributed by atoms with Gasteiger partial charge in [0.1, 0.15) is 0 Å². The second kappa shape index (κ2) is 8.26. The zero-order chi connectivity index (χ0) is 15.8. The summed E-state index contributed by atoms with van der Waals surface area (Å²) in [6.45, 7) is 1.05. The van der Waals surface area contributed by atoms with Crippen LogP contribution in [0.15, 0.2) is 36.8 Å². The summed E-state index contributed by atoms with van der Waals surface area (Å²) in [5.41, 5.74) is 6.69. The van der Waals surface area contributed by atoms with Crippen molar-refractivity contribution >= 4 is 11.7 Å². The van der Waals surface area contributed by atoms with Crippen molar-refractivity contribution in [3.8, 4) is 0 Å². The number of rotatable bonds is 8. The quantitative estimate of drug-likeness (QED) is 0.753. The van der Waals surface area contributed by atoms with Crippen molar-refractivity contribution in [3.05, 3.63) is 42.4 Å². The maximum atomic E-state index is 11.8. The van der Waals surface area contributed by atoms with Crippen LogP contribution in [0, 0.1) is 0 Å². The molecule has 2 aromatic rings. The summed E-state index contributed by atoms with van der Waals surface area (Å²) in [5.74, 6) is 0.378. The van der Waals surface area contributed by atoms with E-state index < -0.39 is 0 Å². The molecule has 2 heterocycles. The number of aromatic nitrogens is 3. The van der Waals surface area contributed by atoms with E-state index in [0.717, 1.165) is 13.0 Å². The normalized spacial score (nSPS) is 12.1. The third kappa shape index (κ3) is 4.94. The molecule has 2 rings (SSSR count). The van der Waals surface area contributed by atoms with Gasteiger partial charge in [-0.15, -0.1) is 0 Å². The van der Waals surface area contributed by atoms with Gasteiger partial charge in [-0.2, -0.15) is 5.10 Å². The average Bonchev–Trinajstić information content (AvgIpc) is 2.99. The highest BCUT2D eigenvalue weighted by Crippen LogP contribution is 2.06. The molecule has 1 unspecified atom stereocenters. The van der Waals surface area contributed by atoms with Gasteiger partial charge in [-0.05, 0) is 24.1 Å². The number of amides is 1. The SMILES string of the molecule is COC(CN)CC(=O)Nc1ccn(CCc2ccncc2)n1. The molecule has 0 spiro atoms. The van der Waals surface area contributed by atoms with Gasteiger partial charge in [-0.3, -0.25) is 14.5 Å². The van der Waals surface area contributed by atoms with Crippen LogP contribution >= 0.6 is 0 Å². The lowest BCUT2D eigenvalue weighted by atomic mass is 10.2. The molecule has 0 aliphatic rings. The van der Waals surface area contributed by atoms with Crippen LogP contribution in [0.2, 0.25) is 0 Å². The van der Waals surface area contributed by atoms with E-state index in [9.17, 15) is 4.79 Å². The zero-order valence-electron chi connectivity index (χ0n) is 12.6. The standard InChI is InChI=1S/C15H21N5O2/c1-22-13(11-16)10-15(21)18-14-5-9-20(19-14)8-4-12-2-6-17-7-3-12/h2-3,5-7,9,13H,4,8,10-11,16H2,1H3,(H,18,19,21). The Bertz CT molecular complexity index is 581. The fourth-order valence-electron chi connectivity index (χ4n) is 2.01. The van der Waals surface area contributed by atoms with Crippen LogP contribution in [0.5, 0.6) is 0 Å². The van der Waals surface area contributed by atoms with Gasteiger partial charge in [0.2, 0.25) is 5.91 Å². The highest BCUT2D eigenvalue weighted by atomic mass is 16.5. The van der Waals surface area contributed by atoms with Crippen molar-refractivity contribution in [3.63, 3.8) is 0 Å². The van der Waals surface area contributed by atoms with E-state index in [1.54, 1.807) is 30.3 Å². The summed E-state index contributed by atoms with van der Waals surface area (Å²) < 4.78 is 6.88. The smallest absolute Gasteiger partial charge is 0.228 e. The van der Waals surface area contributed by atoms with Crippen LogP contribution in [0.25, 0.3) is 0 Å². The minimum absolute atomic E-state index is 0.156. The molecular weight excluding hydrogens is 282 g/mol. The molecule has 2 aromatic heterocycles. The van der Waals surface area contributed by atoms with Crippen molar-refractivity contribution in [2.75, 3.05) is 19.0 Å². The van der Waals surface area contributed by atoms with Gasteiger partial charge in [-0.1, -0.05) is 0 Å². The fraction of sp³-hybridized carbons (Fsp3) is 0.400. The van der Waals surface area contributed by atoms with Gasteiger partial charge in [0.05, 0.1) is 12.5 Å². The Balaban J connectivity index is 1.82. The Hall–Kier alpha value is -2.25. The second-order valence-corrected chi connectivity index (χ2v) is 4.92. The van der Waals surface area contributed by atoms with E-state index in [1.807, 2.05) is 18.3 Å². The van der Waals surface area contributed by atoms with Gasteiger partial charge in [0, 0.05) is 44.9 Å². The molecule has 7 nitrogen and oxygen atoms in total. The number of ether oxygens (including phenoxy) is 1. The summed E-state index contributed by atoms with van der Waals surface area (Å²) >= 11 is 0. The van der Waals surface area contributed by atoms with Crippen LogP contribution in [0.3, 0.4) is 0 Å². The predicted octanol–water partition coefficient (Wildman–Crippen LogP) is 0.823. The van der Waals surface area contributed by atoms with Gasteiger partial charge in [-0.25, -0.2) is 0 Å². The third-order valence-electron chi connectivity index (χ3n) is 3.30. The lowest BCUT2D eigenvalue weighted by Crippen LogP contribution is -2.28. The molecule has 7 heteroatoms. The van der Waals surface area contributed by atoms with Crippen molar-refractivity contribution in [2.45, 2.75) is 25.5 Å². The van der Waals surface area contributed by atoms with Crippen LogP contribution < -0.4 is 11.1 Å².